The lowest BCUT2D eigenvalue weighted by Gasteiger charge is -2.22. The number of fused-ring (bicyclic) bond motifs is 2. The molecule has 118 valence electrons. The third-order valence-corrected chi connectivity index (χ3v) is 4.76. The second-order valence-corrected chi connectivity index (χ2v) is 6.10. The highest BCUT2D eigenvalue weighted by Gasteiger charge is 2.21. The van der Waals surface area contributed by atoms with Crippen LogP contribution in [0.4, 0.5) is 0 Å². The van der Waals surface area contributed by atoms with Crippen LogP contribution in [-0.2, 0) is 0 Å². The highest BCUT2D eigenvalue weighted by atomic mass is 16.5. The number of ether oxygens (including phenoxy) is 1. The zero-order valence-corrected chi connectivity index (χ0v) is 13.6. The van der Waals surface area contributed by atoms with Gasteiger partial charge in [0.05, 0.1) is 0 Å². The second kappa shape index (κ2) is 5.32. The molecule has 1 aliphatic heterocycles. The average molecular weight is 321 g/mol. The van der Waals surface area contributed by atoms with E-state index in [1.54, 1.807) is 6.20 Å². The van der Waals surface area contributed by atoms with Gasteiger partial charge >= 0.3 is 0 Å². The molecular formula is C23H15NO. The van der Waals surface area contributed by atoms with Crippen LogP contribution in [0.2, 0.25) is 0 Å². The molecule has 3 aromatic carbocycles. The minimum absolute atomic E-state index is 0.900. The first kappa shape index (κ1) is 14.0. The van der Waals surface area contributed by atoms with Gasteiger partial charge in [0.1, 0.15) is 11.5 Å². The van der Waals surface area contributed by atoms with Crippen molar-refractivity contribution in [2.45, 2.75) is 0 Å². The van der Waals surface area contributed by atoms with Gasteiger partial charge in [-0.2, -0.15) is 0 Å². The van der Waals surface area contributed by atoms with E-state index in [9.17, 15) is 0 Å². The number of pyridine rings is 1. The molecule has 2 heteroatoms. The maximum atomic E-state index is 6.16. The van der Waals surface area contributed by atoms with E-state index in [2.05, 4.69) is 35.8 Å². The van der Waals surface area contributed by atoms with E-state index in [1.807, 2.05) is 48.7 Å². The second-order valence-electron chi connectivity index (χ2n) is 6.10. The lowest BCUT2D eigenvalue weighted by Crippen LogP contribution is -1.98. The fourth-order valence-corrected chi connectivity index (χ4v) is 3.62. The molecule has 0 N–H and O–H groups in total. The molecule has 1 aliphatic rings. The van der Waals surface area contributed by atoms with E-state index in [1.165, 1.54) is 10.9 Å². The number of para-hydroxylation sites is 1. The highest BCUT2D eigenvalue weighted by molar-refractivity contribution is 6.10. The Bertz CT molecular complexity index is 1140. The van der Waals surface area contributed by atoms with Gasteiger partial charge in [0.2, 0.25) is 0 Å². The van der Waals surface area contributed by atoms with Crippen LogP contribution in [0.3, 0.4) is 0 Å². The van der Waals surface area contributed by atoms with Crippen molar-refractivity contribution in [2.24, 2.45) is 0 Å². The molecule has 2 heterocycles. The molecule has 0 atom stereocenters. The summed E-state index contributed by atoms with van der Waals surface area (Å²) in [7, 11) is 0. The van der Waals surface area contributed by atoms with Crippen LogP contribution in [0.1, 0.15) is 5.56 Å². The molecule has 0 spiro atoms. The van der Waals surface area contributed by atoms with Crippen molar-refractivity contribution in [1.82, 2.24) is 4.98 Å². The van der Waals surface area contributed by atoms with E-state index >= 15 is 0 Å². The molecule has 0 saturated heterocycles. The summed E-state index contributed by atoms with van der Waals surface area (Å²) in [4.78, 5) is 4.31. The van der Waals surface area contributed by atoms with Gasteiger partial charge in [0.25, 0.3) is 0 Å². The van der Waals surface area contributed by atoms with Crippen LogP contribution in [0.15, 0.2) is 79.6 Å². The van der Waals surface area contributed by atoms with Crippen LogP contribution in [0.5, 0.6) is 11.5 Å². The van der Waals surface area contributed by atoms with Gasteiger partial charge in [-0.1, -0.05) is 55.1 Å². The summed E-state index contributed by atoms with van der Waals surface area (Å²) in [5.74, 6) is 1.81. The van der Waals surface area contributed by atoms with E-state index in [0.29, 0.717) is 0 Å². The predicted octanol–water partition coefficient (Wildman–Crippen LogP) is 6.32. The predicted molar refractivity (Wildman–Crippen MR) is 103 cm³/mol. The zero-order valence-electron chi connectivity index (χ0n) is 13.6. The maximum absolute atomic E-state index is 6.16. The Morgan fingerprint density at radius 3 is 2.52 bits per heavy atom. The van der Waals surface area contributed by atoms with Gasteiger partial charge in [-0.05, 0) is 40.3 Å². The molecule has 0 unspecified atom stereocenters. The molecule has 1 aromatic heterocycles. The number of benzene rings is 3. The van der Waals surface area contributed by atoms with Crippen molar-refractivity contribution in [3.63, 3.8) is 0 Å². The number of nitrogens with zero attached hydrogens (tertiary/aromatic N) is 1. The first-order valence-corrected chi connectivity index (χ1v) is 8.26. The van der Waals surface area contributed by atoms with Gasteiger partial charge < -0.3 is 4.74 Å². The number of aromatic nitrogens is 1. The third kappa shape index (κ3) is 2.01. The fourth-order valence-electron chi connectivity index (χ4n) is 3.62. The topological polar surface area (TPSA) is 22.1 Å². The highest BCUT2D eigenvalue weighted by Crippen LogP contribution is 2.48. The zero-order chi connectivity index (χ0) is 16.8. The summed E-state index contributed by atoms with van der Waals surface area (Å²) in [5, 5.41) is 2.32. The average Bonchev–Trinajstić information content (AvgIpc) is 2.68. The first-order chi connectivity index (χ1) is 12.4. The van der Waals surface area contributed by atoms with E-state index in [-0.39, 0.29) is 0 Å². The van der Waals surface area contributed by atoms with Crippen molar-refractivity contribution in [3.8, 4) is 33.8 Å². The summed E-state index contributed by atoms with van der Waals surface area (Å²) in [5.41, 5.74) is 5.65. The monoisotopic (exact) mass is 321 g/mol. The Kier molecular flexibility index (Phi) is 2.98. The molecule has 0 fully saturated rings. The molecule has 5 rings (SSSR count). The lowest BCUT2D eigenvalue weighted by atomic mass is 9.89. The van der Waals surface area contributed by atoms with Crippen LogP contribution in [0.25, 0.3) is 39.1 Å². The SMILES string of the molecule is C=Cc1ccncc1-c1ccc2c3c(cccc13)Oc1ccccc1-2. The van der Waals surface area contributed by atoms with Gasteiger partial charge in [-0.3, -0.25) is 4.98 Å². The van der Waals surface area contributed by atoms with Gasteiger partial charge in [0, 0.05) is 28.9 Å². The van der Waals surface area contributed by atoms with Crippen LogP contribution < -0.4 is 4.74 Å². The minimum Gasteiger partial charge on any atom is -0.456 e. The molecule has 0 radical (unpaired) electrons. The minimum atomic E-state index is 0.900. The summed E-state index contributed by atoms with van der Waals surface area (Å²) >= 11 is 0. The standard InChI is InChI=1S/C23H15NO/c1-2-15-12-13-24-14-20(15)16-10-11-19-17-6-3-4-8-21(17)25-22-9-5-7-18(16)23(19)22/h2-14H,1H2. The molecule has 0 amide bonds. The number of rotatable bonds is 2. The summed E-state index contributed by atoms with van der Waals surface area (Å²) in [6.45, 7) is 3.94. The maximum Gasteiger partial charge on any atom is 0.135 e. The summed E-state index contributed by atoms with van der Waals surface area (Å²) < 4.78 is 6.16. The smallest absolute Gasteiger partial charge is 0.135 e. The first-order valence-electron chi connectivity index (χ1n) is 8.26. The summed E-state index contributed by atoms with van der Waals surface area (Å²) in [6.07, 6.45) is 5.57. The van der Waals surface area contributed by atoms with Crippen molar-refractivity contribution in [3.05, 3.63) is 85.2 Å². The number of hydrogen-bond acceptors (Lipinski definition) is 2. The quantitative estimate of drug-likeness (QED) is 0.379. The van der Waals surface area contributed by atoms with E-state index in [4.69, 9.17) is 4.74 Å². The molecule has 2 nitrogen and oxygen atoms in total. The van der Waals surface area contributed by atoms with Gasteiger partial charge in [-0.15, -0.1) is 0 Å². The van der Waals surface area contributed by atoms with Crippen molar-refractivity contribution < 1.29 is 4.74 Å². The largest absolute Gasteiger partial charge is 0.456 e. The van der Waals surface area contributed by atoms with E-state index in [0.717, 1.165) is 39.1 Å². The van der Waals surface area contributed by atoms with Crippen molar-refractivity contribution >= 4 is 16.8 Å². The Morgan fingerprint density at radius 1 is 0.760 bits per heavy atom. The van der Waals surface area contributed by atoms with Crippen molar-refractivity contribution in [1.29, 1.82) is 0 Å². The van der Waals surface area contributed by atoms with Crippen LogP contribution in [0, 0.1) is 0 Å². The molecule has 4 aromatic rings. The molecule has 0 bridgehead atoms. The van der Waals surface area contributed by atoms with Crippen LogP contribution in [-0.4, -0.2) is 4.98 Å². The Hall–Kier alpha value is -3.39. The molecule has 25 heavy (non-hydrogen) atoms. The molecule has 0 saturated carbocycles. The Morgan fingerprint density at radius 2 is 1.60 bits per heavy atom. The third-order valence-electron chi connectivity index (χ3n) is 4.76. The Balaban J connectivity index is 1.88. The molecule has 0 aliphatic carbocycles. The normalized spacial score (nSPS) is 11.7. The summed E-state index contributed by atoms with van der Waals surface area (Å²) in [6, 6.07) is 20.7. The fraction of sp³-hybridized carbons (Fsp3) is 0. The lowest BCUT2D eigenvalue weighted by molar-refractivity contribution is 0.487. The Labute approximate surface area is 146 Å². The van der Waals surface area contributed by atoms with Gasteiger partial charge in [-0.25, -0.2) is 0 Å². The van der Waals surface area contributed by atoms with Crippen molar-refractivity contribution in [2.75, 3.05) is 0 Å². The molecular weight excluding hydrogens is 306 g/mol. The van der Waals surface area contributed by atoms with E-state index < -0.39 is 0 Å². The number of hydrogen-bond donors (Lipinski definition) is 0. The van der Waals surface area contributed by atoms with Crippen LogP contribution >= 0.6 is 0 Å². The van der Waals surface area contributed by atoms with Gasteiger partial charge in [0.15, 0.2) is 0 Å².